The van der Waals surface area contributed by atoms with Gasteiger partial charge in [0.1, 0.15) is 23.0 Å². The Hall–Kier alpha value is -2.07. The van der Waals surface area contributed by atoms with E-state index in [2.05, 4.69) is 19.9 Å². The number of fused-ring (bicyclic) bond motifs is 2. The van der Waals surface area contributed by atoms with E-state index in [9.17, 15) is 4.79 Å². The smallest absolute Gasteiger partial charge is 0.336 e. The Morgan fingerprint density at radius 1 is 1.35 bits per heavy atom. The fourth-order valence-electron chi connectivity index (χ4n) is 2.78. The molecule has 1 unspecified atom stereocenters. The number of hydrogen-bond acceptors (Lipinski definition) is 4. The van der Waals surface area contributed by atoms with Crippen molar-refractivity contribution in [2.45, 2.75) is 45.8 Å². The standard InChI is InChI=1S/C19H22O4/c1-12(2)7-8-21-17-10-14-9-13-5-6-18(20)22-15(13)11-16(14)23-19(17,3)4/h5-7,9,11,17H,8,10H2,1-4H3. The van der Waals surface area contributed by atoms with Crippen LogP contribution in [0.5, 0.6) is 5.75 Å². The Bertz CT molecular complexity index is 810. The molecule has 1 aromatic carbocycles. The molecule has 1 aliphatic rings. The van der Waals surface area contributed by atoms with Crippen LogP contribution in [0.25, 0.3) is 11.0 Å². The first-order valence-corrected chi connectivity index (χ1v) is 7.86. The molecule has 0 bridgehead atoms. The average Bonchev–Trinajstić information content (AvgIpc) is 2.45. The molecule has 3 rings (SSSR count). The first-order chi connectivity index (χ1) is 10.8. The van der Waals surface area contributed by atoms with Crippen LogP contribution < -0.4 is 10.4 Å². The molecule has 0 saturated carbocycles. The predicted octanol–water partition coefficient (Wildman–Crippen LogP) is 3.86. The summed E-state index contributed by atoms with van der Waals surface area (Å²) in [5.74, 6) is 0.763. The maximum Gasteiger partial charge on any atom is 0.336 e. The van der Waals surface area contributed by atoms with Crippen molar-refractivity contribution in [3.63, 3.8) is 0 Å². The second kappa shape index (κ2) is 5.85. The molecule has 1 atom stereocenters. The van der Waals surface area contributed by atoms with Gasteiger partial charge in [0.15, 0.2) is 0 Å². The molecule has 0 saturated heterocycles. The molecular formula is C19H22O4. The largest absolute Gasteiger partial charge is 0.485 e. The molecule has 0 radical (unpaired) electrons. The number of benzene rings is 1. The van der Waals surface area contributed by atoms with Gasteiger partial charge in [-0.3, -0.25) is 0 Å². The summed E-state index contributed by atoms with van der Waals surface area (Å²) in [7, 11) is 0. The predicted molar refractivity (Wildman–Crippen MR) is 90.1 cm³/mol. The van der Waals surface area contributed by atoms with Gasteiger partial charge in [-0.15, -0.1) is 0 Å². The van der Waals surface area contributed by atoms with Crippen molar-refractivity contribution in [2.75, 3.05) is 6.61 Å². The van der Waals surface area contributed by atoms with Gasteiger partial charge in [-0.05, 0) is 45.4 Å². The van der Waals surface area contributed by atoms with Crippen molar-refractivity contribution >= 4 is 11.0 Å². The lowest BCUT2D eigenvalue weighted by Crippen LogP contribution is -2.48. The van der Waals surface area contributed by atoms with Crippen LogP contribution in [0.15, 0.2) is 45.1 Å². The van der Waals surface area contributed by atoms with Crippen LogP contribution in [-0.4, -0.2) is 18.3 Å². The van der Waals surface area contributed by atoms with Crippen molar-refractivity contribution in [2.24, 2.45) is 0 Å². The summed E-state index contributed by atoms with van der Waals surface area (Å²) in [6.45, 7) is 8.74. The van der Waals surface area contributed by atoms with Crippen LogP contribution in [-0.2, 0) is 11.2 Å². The third-order valence-electron chi connectivity index (χ3n) is 4.15. The lowest BCUT2D eigenvalue weighted by molar-refractivity contribution is -0.0755. The molecular weight excluding hydrogens is 292 g/mol. The third kappa shape index (κ3) is 3.32. The summed E-state index contributed by atoms with van der Waals surface area (Å²) >= 11 is 0. The first kappa shape index (κ1) is 15.8. The van der Waals surface area contributed by atoms with Crippen LogP contribution in [0, 0.1) is 0 Å². The van der Waals surface area contributed by atoms with E-state index in [0.717, 1.165) is 23.1 Å². The van der Waals surface area contributed by atoms with Gasteiger partial charge in [-0.1, -0.05) is 11.6 Å². The minimum Gasteiger partial charge on any atom is -0.485 e. The SMILES string of the molecule is CC(C)=CCOC1Cc2cc3ccc(=O)oc3cc2OC1(C)C. The number of hydrogen-bond donors (Lipinski definition) is 0. The Morgan fingerprint density at radius 3 is 2.87 bits per heavy atom. The van der Waals surface area contributed by atoms with E-state index in [-0.39, 0.29) is 11.7 Å². The quantitative estimate of drug-likeness (QED) is 0.637. The molecule has 1 aliphatic heterocycles. The number of rotatable bonds is 3. The fraction of sp³-hybridized carbons (Fsp3) is 0.421. The number of allylic oxidation sites excluding steroid dienone is 1. The zero-order valence-corrected chi connectivity index (χ0v) is 14.0. The highest BCUT2D eigenvalue weighted by Crippen LogP contribution is 2.37. The van der Waals surface area contributed by atoms with E-state index in [4.69, 9.17) is 13.9 Å². The Balaban J connectivity index is 1.92. The molecule has 4 nitrogen and oxygen atoms in total. The molecule has 1 aromatic heterocycles. The summed E-state index contributed by atoms with van der Waals surface area (Å²) in [6.07, 6.45) is 2.81. The van der Waals surface area contributed by atoms with E-state index in [0.29, 0.717) is 12.2 Å². The van der Waals surface area contributed by atoms with Crippen LogP contribution in [0.2, 0.25) is 0 Å². The Morgan fingerprint density at radius 2 is 2.13 bits per heavy atom. The normalized spacial score (nSPS) is 19.0. The van der Waals surface area contributed by atoms with Crippen molar-refractivity contribution in [1.82, 2.24) is 0 Å². The Kier molecular flexibility index (Phi) is 4.02. The second-order valence-corrected chi connectivity index (χ2v) is 6.77. The van der Waals surface area contributed by atoms with E-state index >= 15 is 0 Å². The van der Waals surface area contributed by atoms with E-state index in [1.54, 1.807) is 12.1 Å². The lowest BCUT2D eigenvalue weighted by atomic mass is 9.90. The molecule has 122 valence electrons. The van der Waals surface area contributed by atoms with Gasteiger partial charge in [-0.25, -0.2) is 4.79 Å². The molecule has 0 fully saturated rings. The van der Waals surface area contributed by atoms with Gasteiger partial charge in [-0.2, -0.15) is 0 Å². The fourth-order valence-corrected chi connectivity index (χ4v) is 2.78. The summed E-state index contributed by atoms with van der Waals surface area (Å²) in [5, 5.41) is 0.898. The molecule has 0 aliphatic carbocycles. The average molecular weight is 314 g/mol. The van der Waals surface area contributed by atoms with Gasteiger partial charge >= 0.3 is 5.63 Å². The van der Waals surface area contributed by atoms with E-state index in [1.807, 2.05) is 19.9 Å². The van der Waals surface area contributed by atoms with Crippen molar-refractivity contribution in [3.8, 4) is 5.75 Å². The summed E-state index contributed by atoms with van der Waals surface area (Å²) in [6, 6.07) is 7.03. The summed E-state index contributed by atoms with van der Waals surface area (Å²) < 4.78 is 17.4. The molecule has 2 aromatic rings. The van der Waals surface area contributed by atoms with Crippen LogP contribution in [0.1, 0.15) is 33.3 Å². The Labute approximate surface area is 135 Å². The molecule has 0 N–H and O–H groups in total. The minimum atomic E-state index is -0.439. The van der Waals surface area contributed by atoms with Crippen molar-refractivity contribution in [1.29, 1.82) is 0 Å². The minimum absolute atomic E-state index is 0.0289. The number of ether oxygens (including phenoxy) is 2. The highest BCUT2D eigenvalue weighted by atomic mass is 16.6. The molecule has 4 heteroatoms. The molecule has 23 heavy (non-hydrogen) atoms. The highest BCUT2D eigenvalue weighted by Gasteiger charge is 2.37. The van der Waals surface area contributed by atoms with E-state index < -0.39 is 5.60 Å². The third-order valence-corrected chi connectivity index (χ3v) is 4.15. The van der Waals surface area contributed by atoms with Gasteiger partial charge in [0.05, 0.1) is 6.61 Å². The van der Waals surface area contributed by atoms with Crippen LogP contribution in [0.4, 0.5) is 0 Å². The second-order valence-electron chi connectivity index (χ2n) is 6.77. The van der Waals surface area contributed by atoms with Crippen molar-refractivity contribution < 1.29 is 13.9 Å². The van der Waals surface area contributed by atoms with E-state index in [1.165, 1.54) is 11.6 Å². The highest BCUT2D eigenvalue weighted by molar-refractivity contribution is 5.79. The van der Waals surface area contributed by atoms with Crippen LogP contribution >= 0.6 is 0 Å². The monoisotopic (exact) mass is 314 g/mol. The van der Waals surface area contributed by atoms with Gasteiger partial charge in [0, 0.05) is 23.9 Å². The lowest BCUT2D eigenvalue weighted by Gasteiger charge is -2.39. The van der Waals surface area contributed by atoms with Crippen LogP contribution in [0.3, 0.4) is 0 Å². The van der Waals surface area contributed by atoms with Crippen molar-refractivity contribution in [3.05, 3.63) is 51.9 Å². The molecule has 2 heterocycles. The molecule has 0 spiro atoms. The summed E-state index contributed by atoms with van der Waals surface area (Å²) in [4.78, 5) is 11.4. The maximum absolute atomic E-state index is 11.4. The van der Waals surface area contributed by atoms with Gasteiger partial charge in [0.2, 0.25) is 0 Å². The topological polar surface area (TPSA) is 48.7 Å². The molecule has 0 amide bonds. The zero-order chi connectivity index (χ0) is 16.6. The summed E-state index contributed by atoms with van der Waals surface area (Å²) in [5.41, 5.74) is 2.07. The van der Waals surface area contributed by atoms with Gasteiger partial charge < -0.3 is 13.9 Å². The zero-order valence-electron chi connectivity index (χ0n) is 14.0. The maximum atomic E-state index is 11.4. The van der Waals surface area contributed by atoms with Gasteiger partial charge in [0.25, 0.3) is 0 Å². The first-order valence-electron chi connectivity index (χ1n) is 7.86.